The molecule has 1 rings (SSSR count). The summed E-state index contributed by atoms with van der Waals surface area (Å²) in [5.74, 6) is -0.616. The largest absolute Gasteiger partial charge is 0.497 e. The molecule has 16 heavy (non-hydrogen) atoms. The molecular formula is C12H15BrO3. The maximum absolute atomic E-state index is 11.1. The zero-order valence-electron chi connectivity index (χ0n) is 9.58. The summed E-state index contributed by atoms with van der Waals surface area (Å²) in [6, 6.07) is 3.65. The Morgan fingerprint density at radius 3 is 2.62 bits per heavy atom. The van der Waals surface area contributed by atoms with Gasteiger partial charge < -0.3 is 9.84 Å². The van der Waals surface area contributed by atoms with E-state index in [9.17, 15) is 4.79 Å². The third kappa shape index (κ3) is 2.55. The van der Waals surface area contributed by atoms with E-state index in [1.165, 1.54) is 0 Å². The third-order valence-corrected chi connectivity index (χ3v) is 3.66. The van der Waals surface area contributed by atoms with Crippen LogP contribution in [0.15, 0.2) is 16.6 Å². The molecule has 0 fully saturated rings. The van der Waals surface area contributed by atoms with Crippen LogP contribution >= 0.6 is 15.9 Å². The minimum Gasteiger partial charge on any atom is -0.497 e. The van der Waals surface area contributed by atoms with Gasteiger partial charge in [0.2, 0.25) is 0 Å². The van der Waals surface area contributed by atoms with E-state index in [0.717, 1.165) is 15.6 Å². The first-order valence-electron chi connectivity index (χ1n) is 5.08. The van der Waals surface area contributed by atoms with E-state index in [1.807, 2.05) is 19.9 Å². The van der Waals surface area contributed by atoms with Gasteiger partial charge in [0, 0.05) is 4.47 Å². The molecule has 1 aromatic carbocycles. The van der Waals surface area contributed by atoms with Crippen molar-refractivity contribution in [2.75, 3.05) is 7.11 Å². The van der Waals surface area contributed by atoms with Crippen molar-refractivity contribution in [3.05, 3.63) is 27.7 Å². The van der Waals surface area contributed by atoms with E-state index in [0.29, 0.717) is 12.2 Å². The van der Waals surface area contributed by atoms with Crippen LogP contribution in [0.1, 0.15) is 30.4 Å². The molecular weight excluding hydrogens is 272 g/mol. The molecule has 1 unspecified atom stereocenters. The number of methoxy groups -OCH3 is 1. The summed E-state index contributed by atoms with van der Waals surface area (Å²) in [6.07, 6.45) is 0.556. The lowest BCUT2D eigenvalue weighted by molar-refractivity contribution is -0.138. The first kappa shape index (κ1) is 13.0. The first-order chi connectivity index (χ1) is 7.51. The fourth-order valence-corrected chi connectivity index (χ4v) is 2.17. The average molecular weight is 287 g/mol. The summed E-state index contributed by atoms with van der Waals surface area (Å²) in [4.78, 5) is 11.1. The first-order valence-corrected chi connectivity index (χ1v) is 5.87. The molecule has 0 aliphatic heterocycles. The van der Waals surface area contributed by atoms with Gasteiger partial charge in [-0.05, 0) is 36.6 Å². The van der Waals surface area contributed by atoms with Crippen LogP contribution in [0.5, 0.6) is 5.75 Å². The second-order valence-electron chi connectivity index (χ2n) is 3.65. The van der Waals surface area contributed by atoms with Crippen molar-refractivity contribution in [2.24, 2.45) is 0 Å². The SMILES string of the molecule is CCC(C(=O)O)c1cc(OC)cc(C)c1Br. The summed E-state index contributed by atoms with van der Waals surface area (Å²) >= 11 is 3.43. The second-order valence-corrected chi connectivity index (χ2v) is 4.44. The quantitative estimate of drug-likeness (QED) is 0.923. The molecule has 3 nitrogen and oxygen atoms in total. The van der Waals surface area contributed by atoms with Crippen LogP contribution < -0.4 is 4.74 Å². The minimum absolute atomic E-state index is 0.497. The van der Waals surface area contributed by atoms with Crippen LogP contribution in [0.25, 0.3) is 0 Å². The van der Waals surface area contributed by atoms with E-state index >= 15 is 0 Å². The van der Waals surface area contributed by atoms with E-state index in [4.69, 9.17) is 9.84 Å². The Kier molecular flexibility index (Phi) is 4.35. The van der Waals surface area contributed by atoms with Crippen LogP contribution in [-0.4, -0.2) is 18.2 Å². The van der Waals surface area contributed by atoms with Gasteiger partial charge in [-0.15, -0.1) is 0 Å². The molecule has 0 aliphatic carbocycles. The smallest absolute Gasteiger partial charge is 0.311 e. The number of benzene rings is 1. The maximum atomic E-state index is 11.1. The van der Waals surface area contributed by atoms with Crippen LogP contribution in [0.4, 0.5) is 0 Å². The molecule has 0 saturated heterocycles. The number of carboxylic acids is 1. The van der Waals surface area contributed by atoms with Crippen molar-refractivity contribution in [1.29, 1.82) is 0 Å². The predicted octanol–water partition coefficient (Wildman–Crippen LogP) is 3.34. The molecule has 0 amide bonds. The van der Waals surface area contributed by atoms with Gasteiger partial charge in [0.1, 0.15) is 5.75 Å². The maximum Gasteiger partial charge on any atom is 0.311 e. The molecule has 0 saturated carbocycles. The molecule has 0 bridgehead atoms. The summed E-state index contributed by atoms with van der Waals surface area (Å²) < 4.78 is 6.00. The van der Waals surface area contributed by atoms with Gasteiger partial charge in [0.05, 0.1) is 13.0 Å². The zero-order valence-corrected chi connectivity index (χ0v) is 11.2. The monoisotopic (exact) mass is 286 g/mol. The molecule has 1 aromatic rings. The molecule has 0 radical (unpaired) electrons. The van der Waals surface area contributed by atoms with Gasteiger partial charge in [-0.25, -0.2) is 0 Å². The number of hydrogen-bond donors (Lipinski definition) is 1. The highest BCUT2D eigenvalue weighted by Gasteiger charge is 2.21. The second kappa shape index (κ2) is 5.34. The van der Waals surface area contributed by atoms with Crippen LogP contribution in [0.3, 0.4) is 0 Å². The Bertz CT molecular complexity index is 401. The van der Waals surface area contributed by atoms with Gasteiger partial charge in [-0.2, -0.15) is 0 Å². The number of ether oxygens (including phenoxy) is 1. The molecule has 0 aromatic heterocycles. The van der Waals surface area contributed by atoms with Crippen LogP contribution in [0, 0.1) is 6.92 Å². The molecule has 1 atom stereocenters. The standard InChI is InChI=1S/C12H15BrO3/c1-4-9(12(14)15)10-6-8(16-3)5-7(2)11(10)13/h5-6,9H,4H2,1-3H3,(H,14,15). The van der Waals surface area contributed by atoms with Crippen molar-refractivity contribution in [2.45, 2.75) is 26.2 Å². The highest BCUT2D eigenvalue weighted by Crippen LogP contribution is 2.33. The molecule has 0 aliphatic rings. The Balaban J connectivity index is 3.30. The third-order valence-electron chi connectivity index (χ3n) is 2.57. The normalized spacial score (nSPS) is 12.2. The number of carboxylic acid groups (broad SMARTS) is 1. The summed E-state index contributed by atoms with van der Waals surface area (Å²) in [5, 5.41) is 9.14. The fourth-order valence-electron chi connectivity index (χ4n) is 1.66. The minimum atomic E-state index is -0.809. The molecule has 1 N–H and O–H groups in total. The summed E-state index contributed by atoms with van der Waals surface area (Å²) in [5.41, 5.74) is 1.75. The van der Waals surface area contributed by atoms with E-state index in [1.54, 1.807) is 13.2 Å². The van der Waals surface area contributed by atoms with Crippen molar-refractivity contribution in [1.82, 2.24) is 0 Å². The zero-order chi connectivity index (χ0) is 12.3. The Morgan fingerprint density at radius 2 is 2.19 bits per heavy atom. The number of halogens is 1. The van der Waals surface area contributed by atoms with Gasteiger partial charge in [0.15, 0.2) is 0 Å². The van der Waals surface area contributed by atoms with Gasteiger partial charge >= 0.3 is 5.97 Å². The lowest BCUT2D eigenvalue weighted by Crippen LogP contribution is -2.11. The van der Waals surface area contributed by atoms with Crippen molar-refractivity contribution in [3.8, 4) is 5.75 Å². The topological polar surface area (TPSA) is 46.5 Å². The van der Waals surface area contributed by atoms with Gasteiger partial charge in [0.25, 0.3) is 0 Å². The Hall–Kier alpha value is -1.03. The number of carbonyl (C=O) groups is 1. The van der Waals surface area contributed by atoms with Gasteiger partial charge in [-0.1, -0.05) is 22.9 Å². The molecule has 0 heterocycles. The van der Waals surface area contributed by atoms with Crippen molar-refractivity contribution in [3.63, 3.8) is 0 Å². The van der Waals surface area contributed by atoms with Crippen LogP contribution in [-0.2, 0) is 4.79 Å². The highest BCUT2D eigenvalue weighted by molar-refractivity contribution is 9.10. The van der Waals surface area contributed by atoms with E-state index in [2.05, 4.69) is 15.9 Å². The van der Waals surface area contributed by atoms with Crippen LogP contribution in [0.2, 0.25) is 0 Å². The highest BCUT2D eigenvalue weighted by atomic mass is 79.9. The van der Waals surface area contributed by atoms with Crippen molar-refractivity contribution >= 4 is 21.9 Å². The predicted molar refractivity (Wildman–Crippen MR) is 66.1 cm³/mol. The molecule has 88 valence electrons. The van der Waals surface area contributed by atoms with Gasteiger partial charge in [-0.3, -0.25) is 4.79 Å². The average Bonchev–Trinajstić information content (AvgIpc) is 2.24. The number of aryl methyl sites for hydroxylation is 1. The van der Waals surface area contributed by atoms with Crippen molar-refractivity contribution < 1.29 is 14.6 Å². The number of aliphatic carboxylic acids is 1. The van der Waals surface area contributed by atoms with E-state index < -0.39 is 11.9 Å². The lowest BCUT2D eigenvalue weighted by Gasteiger charge is -2.15. The summed E-state index contributed by atoms with van der Waals surface area (Å²) in [7, 11) is 1.58. The number of hydrogen-bond acceptors (Lipinski definition) is 2. The number of rotatable bonds is 4. The Morgan fingerprint density at radius 1 is 1.56 bits per heavy atom. The molecule has 4 heteroatoms. The Labute approximate surface area is 104 Å². The summed E-state index contributed by atoms with van der Waals surface area (Å²) in [6.45, 7) is 3.78. The molecule has 0 spiro atoms. The van der Waals surface area contributed by atoms with E-state index in [-0.39, 0.29) is 0 Å². The lowest BCUT2D eigenvalue weighted by atomic mass is 9.95. The fraction of sp³-hybridized carbons (Fsp3) is 0.417.